The summed E-state index contributed by atoms with van der Waals surface area (Å²) in [5, 5.41) is 15.8. The summed E-state index contributed by atoms with van der Waals surface area (Å²) < 4.78 is 5.04. The second-order valence-corrected chi connectivity index (χ2v) is 5.67. The third-order valence-corrected chi connectivity index (χ3v) is 3.77. The molecule has 3 N–H and O–H groups in total. The van der Waals surface area contributed by atoms with Gasteiger partial charge in [0.2, 0.25) is 0 Å². The topological polar surface area (TPSA) is 98.1 Å². The van der Waals surface area contributed by atoms with Gasteiger partial charge in [-0.25, -0.2) is 0 Å². The molecule has 0 spiro atoms. The Bertz CT molecular complexity index is 734. The van der Waals surface area contributed by atoms with E-state index >= 15 is 0 Å². The number of hydrogen-bond acceptors (Lipinski definition) is 4. The van der Waals surface area contributed by atoms with Crippen molar-refractivity contribution >= 4 is 17.3 Å². The van der Waals surface area contributed by atoms with Crippen LogP contribution in [0.25, 0.3) is 0 Å². The maximum absolute atomic E-state index is 12.8. The molecule has 1 amide bonds. The van der Waals surface area contributed by atoms with E-state index in [9.17, 15) is 14.9 Å². The summed E-state index contributed by atoms with van der Waals surface area (Å²) in [6.07, 6.45) is 0. The van der Waals surface area contributed by atoms with Crippen LogP contribution in [-0.2, 0) is 9.53 Å². The van der Waals surface area contributed by atoms with E-state index in [1.165, 1.54) is 6.07 Å². The molecule has 0 aliphatic rings. The van der Waals surface area contributed by atoms with Crippen molar-refractivity contribution < 1.29 is 19.8 Å². The second kappa shape index (κ2) is 8.91. The van der Waals surface area contributed by atoms with Crippen molar-refractivity contribution in [3.8, 4) is 0 Å². The van der Waals surface area contributed by atoms with E-state index in [1.54, 1.807) is 26.2 Å². The van der Waals surface area contributed by atoms with Crippen LogP contribution >= 0.6 is 0 Å². The summed E-state index contributed by atoms with van der Waals surface area (Å²) in [7, 11) is 1.60. The Labute approximate surface area is 146 Å². The molecule has 0 aromatic heterocycles. The lowest BCUT2D eigenvalue weighted by Crippen LogP contribution is -2.88. The molecule has 0 saturated carbocycles. The number of carbonyl (C=O) groups excluding carboxylic acids is 1. The highest BCUT2D eigenvalue weighted by atomic mass is 16.6. The van der Waals surface area contributed by atoms with Crippen LogP contribution in [0, 0.1) is 17.0 Å². The summed E-state index contributed by atoms with van der Waals surface area (Å²) in [5.41, 5.74) is 1.67. The zero-order valence-corrected chi connectivity index (χ0v) is 14.3. The fourth-order valence-electron chi connectivity index (χ4n) is 2.52. The molecule has 2 aromatic carbocycles. The number of nitro groups is 1. The molecule has 0 radical (unpaired) electrons. The molecule has 1 atom stereocenters. The zero-order valence-electron chi connectivity index (χ0n) is 14.3. The van der Waals surface area contributed by atoms with Crippen LogP contribution in [0.2, 0.25) is 0 Å². The predicted molar refractivity (Wildman–Crippen MR) is 94.3 cm³/mol. The van der Waals surface area contributed by atoms with Crippen LogP contribution in [0.1, 0.15) is 17.2 Å². The molecule has 25 heavy (non-hydrogen) atoms. The van der Waals surface area contributed by atoms with Crippen molar-refractivity contribution in [3.05, 3.63) is 69.8 Å². The molecule has 7 nitrogen and oxygen atoms in total. The highest BCUT2D eigenvalue weighted by Gasteiger charge is 2.26. The lowest BCUT2D eigenvalue weighted by molar-refractivity contribution is -0.683. The van der Waals surface area contributed by atoms with Gasteiger partial charge in [0.25, 0.3) is 11.6 Å². The molecule has 0 aliphatic carbocycles. The number of quaternary nitrogens is 1. The minimum absolute atomic E-state index is 0.114. The first kappa shape index (κ1) is 18.6. The Kier molecular flexibility index (Phi) is 6.62. The lowest BCUT2D eigenvalue weighted by atomic mass is 10.1. The molecule has 2 aromatic rings. The van der Waals surface area contributed by atoms with Crippen LogP contribution < -0.4 is 10.6 Å². The molecule has 2 rings (SSSR count). The average molecular weight is 344 g/mol. The number of amides is 1. The van der Waals surface area contributed by atoms with E-state index < -0.39 is 11.0 Å². The summed E-state index contributed by atoms with van der Waals surface area (Å²) in [6.45, 7) is 2.87. The van der Waals surface area contributed by atoms with Gasteiger partial charge in [-0.2, -0.15) is 0 Å². The van der Waals surface area contributed by atoms with Crippen molar-refractivity contribution in [3.63, 3.8) is 0 Å². The molecule has 0 bridgehead atoms. The Morgan fingerprint density at radius 2 is 2.00 bits per heavy atom. The number of aryl methyl sites for hydroxylation is 1. The van der Waals surface area contributed by atoms with Crippen molar-refractivity contribution in [1.82, 2.24) is 0 Å². The number of benzene rings is 2. The molecule has 0 saturated heterocycles. The summed E-state index contributed by atoms with van der Waals surface area (Å²) in [5.74, 6) is -0.311. The number of anilines is 1. The van der Waals surface area contributed by atoms with Crippen molar-refractivity contribution in [2.75, 3.05) is 25.6 Å². The summed E-state index contributed by atoms with van der Waals surface area (Å²) in [6, 6.07) is 13.5. The highest BCUT2D eigenvalue weighted by Crippen LogP contribution is 2.26. The van der Waals surface area contributed by atoms with Crippen LogP contribution in [-0.4, -0.2) is 31.1 Å². The monoisotopic (exact) mass is 344 g/mol. The number of rotatable bonds is 8. The molecular weight excluding hydrogens is 322 g/mol. The SMILES string of the molecule is COCC[NH2+][C@H](C(=O)Nc1ccc(C)cc1[N+](=O)[O-])c1ccccc1. The predicted octanol–water partition coefficient (Wildman–Crippen LogP) is 1.79. The van der Waals surface area contributed by atoms with Gasteiger partial charge in [-0.05, 0) is 18.6 Å². The minimum Gasteiger partial charge on any atom is -0.379 e. The smallest absolute Gasteiger partial charge is 0.293 e. The number of nitrogens with one attached hydrogen (secondary N) is 1. The molecular formula is C18H22N3O4+. The average Bonchev–Trinajstić information content (AvgIpc) is 2.60. The molecule has 0 unspecified atom stereocenters. The molecule has 0 fully saturated rings. The number of nitrogens with two attached hydrogens (primary N) is 1. The van der Waals surface area contributed by atoms with E-state index in [0.717, 1.165) is 11.1 Å². The molecule has 7 heteroatoms. The van der Waals surface area contributed by atoms with E-state index in [2.05, 4.69) is 5.32 Å². The van der Waals surface area contributed by atoms with Gasteiger partial charge >= 0.3 is 0 Å². The standard InChI is InChI=1S/C18H21N3O4/c1-13-8-9-15(16(12-13)21(23)24)20-18(22)17(19-10-11-25-2)14-6-4-3-5-7-14/h3-9,12,17,19H,10-11H2,1-2H3,(H,20,22)/p+1/t17-/m0/s1. The molecule has 132 valence electrons. The number of hydrogen-bond donors (Lipinski definition) is 2. The van der Waals surface area contributed by atoms with E-state index in [-0.39, 0.29) is 17.3 Å². The molecule has 0 heterocycles. The third-order valence-electron chi connectivity index (χ3n) is 3.77. The fraction of sp³-hybridized carbons (Fsp3) is 0.278. The maximum Gasteiger partial charge on any atom is 0.293 e. The van der Waals surface area contributed by atoms with E-state index in [1.807, 2.05) is 35.6 Å². The van der Waals surface area contributed by atoms with Crippen LogP contribution in [0.15, 0.2) is 48.5 Å². The summed E-state index contributed by atoms with van der Waals surface area (Å²) in [4.78, 5) is 23.5. The second-order valence-electron chi connectivity index (χ2n) is 5.67. The number of nitrogens with zero attached hydrogens (tertiary/aromatic N) is 1. The van der Waals surface area contributed by atoms with Gasteiger partial charge in [-0.15, -0.1) is 0 Å². The normalized spacial score (nSPS) is 11.8. The first-order valence-corrected chi connectivity index (χ1v) is 7.96. The highest BCUT2D eigenvalue weighted by molar-refractivity contribution is 5.96. The largest absolute Gasteiger partial charge is 0.379 e. The quantitative estimate of drug-likeness (QED) is 0.433. The van der Waals surface area contributed by atoms with Gasteiger partial charge in [0.05, 0.1) is 11.5 Å². The van der Waals surface area contributed by atoms with Crippen LogP contribution in [0.4, 0.5) is 11.4 Å². The van der Waals surface area contributed by atoms with Crippen molar-refractivity contribution in [2.45, 2.75) is 13.0 Å². The summed E-state index contributed by atoms with van der Waals surface area (Å²) >= 11 is 0. The maximum atomic E-state index is 12.8. The molecule has 0 aliphatic heterocycles. The Hall–Kier alpha value is -2.77. The zero-order chi connectivity index (χ0) is 18.2. The van der Waals surface area contributed by atoms with Gasteiger partial charge in [0.15, 0.2) is 6.04 Å². The van der Waals surface area contributed by atoms with Gasteiger partial charge in [-0.1, -0.05) is 36.4 Å². The fourth-order valence-corrected chi connectivity index (χ4v) is 2.52. The van der Waals surface area contributed by atoms with Gasteiger partial charge in [-0.3, -0.25) is 14.9 Å². The van der Waals surface area contributed by atoms with Crippen molar-refractivity contribution in [2.24, 2.45) is 0 Å². The number of ether oxygens (including phenoxy) is 1. The van der Waals surface area contributed by atoms with E-state index in [4.69, 9.17) is 4.74 Å². The van der Waals surface area contributed by atoms with Gasteiger partial charge in [0, 0.05) is 18.7 Å². The lowest BCUT2D eigenvalue weighted by Gasteiger charge is -2.16. The third kappa shape index (κ3) is 5.10. The number of carbonyl (C=O) groups is 1. The Morgan fingerprint density at radius 3 is 2.64 bits per heavy atom. The minimum atomic E-state index is -0.516. The van der Waals surface area contributed by atoms with Gasteiger partial charge in [0.1, 0.15) is 12.2 Å². The van der Waals surface area contributed by atoms with Crippen LogP contribution in [0.3, 0.4) is 0 Å². The Balaban J connectivity index is 2.24. The van der Waals surface area contributed by atoms with Gasteiger partial charge < -0.3 is 15.4 Å². The first-order valence-electron chi connectivity index (χ1n) is 7.96. The Morgan fingerprint density at radius 1 is 1.28 bits per heavy atom. The van der Waals surface area contributed by atoms with Crippen molar-refractivity contribution in [1.29, 1.82) is 0 Å². The van der Waals surface area contributed by atoms with E-state index in [0.29, 0.717) is 13.2 Å². The first-order chi connectivity index (χ1) is 12.0. The number of methoxy groups -OCH3 is 1. The number of nitro benzene ring substituents is 1. The van der Waals surface area contributed by atoms with Crippen LogP contribution in [0.5, 0.6) is 0 Å².